The van der Waals surface area contributed by atoms with Gasteiger partial charge in [-0.2, -0.15) is 0 Å². The average molecular weight is 1480 g/mol. The van der Waals surface area contributed by atoms with E-state index in [1.54, 1.807) is 0 Å². The molecule has 0 aliphatic rings. The van der Waals surface area contributed by atoms with Crippen LogP contribution in [0.3, 0.4) is 0 Å². The number of para-hydroxylation sites is 4. The molecule has 0 saturated heterocycles. The monoisotopic (exact) mass is 1480 g/mol. The van der Waals surface area contributed by atoms with E-state index < -0.39 is 0 Å². The van der Waals surface area contributed by atoms with Crippen molar-refractivity contribution in [3.8, 4) is 102 Å². The van der Waals surface area contributed by atoms with Crippen molar-refractivity contribution >= 4 is 163 Å². The summed E-state index contributed by atoms with van der Waals surface area (Å²) in [6.07, 6.45) is 0. The minimum Gasteiger partial charge on any atom is -0.456 e. The first kappa shape index (κ1) is 63.9. The molecular formula is C106H58N6O4. The van der Waals surface area contributed by atoms with Crippen molar-refractivity contribution < 1.29 is 17.7 Å². The van der Waals surface area contributed by atoms with Crippen molar-refractivity contribution in [2.45, 2.75) is 0 Å². The molecule has 0 aliphatic carbocycles. The van der Waals surface area contributed by atoms with Gasteiger partial charge in [-0.15, -0.1) is 0 Å². The van der Waals surface area contributed by atoms with E-state index in [1.165, 1.54) is 16.2 Å². The second-order valence-corrected chi connectivity index (χ2v) is 30.3. The molecule has 0 spiro atoms. The van der Waals surface area contributed by atoms with Crippen LogP contribution in [-0.2, 0) is 0 Å². The lowest BCUT2D eigenvalue weighted by Gasteiger charge is -2.12. The number of hydrogen-bond acceptors (Lipinski definition) is 10. The summed E-state index contributed by atoms with van der Waals surface area (Å²) >= 11 is 0. The first-order chi connectivity index (χ1) is 57.4. The lowest BCUT2D eigenvalue weighted by atomic mass is 9.93. The molecular weight excluding hydrogens is 1420 g/mol. The molecule has 10 heteroatoms. The number of hydrogen-bond donors (Lipinski definition) is 0. The van der Waals surface area contributed by atoms with Gasteiger partial charge < -0.3 is 17.7 Å². The summed E-state index contributed by atoms with van der Waals surface area (Å²) < 4.78 is 26.1. The van der Waals surface area contributed by atoms with Crippen LogP contribution < -0.4 is 0 Å². The lowest BCUT2D eigenvalue weighted by molar-refractivity contribution is 0.668. The molecule has 0 N–H and O–H groups in total. The van der Waals surface area contributed by atoms with E-state index in [1.807, 2.05) is 42.5 Å². The predicted octanol–water partition coefficient (Wildman–Crippen LogP) is 28.7. The summed E-state index contributed by atoms with van der Waals surface area (Å²) in [7, 11) is 0. The number of furan rings is 4. The number of rotatable bonds is 9. The molecule has 19 aromatic carbocycles. The largest absolute Gasteiger partial charge is 0.456 e. The standard InChI is InChI=1S/C106H58N6O4/c1-2-17-74-60(14-1)34-36-63-54-70(38-45-75(63)74)104-109-103(111-106(112-104)72-42-49-79-65(56-72)44-51-95-97(79)86-19-4-7-28-90(86)115-95)69-40-47-77-62(53-69)16-10-23-82(77)84-25-13-31-93-99(84)88-26-11-21-80(100(88)116-93)66-35-32-59-33-37-67(58-73(59)57-66)101-107-102(110-105(108-101)71-41-48-78-64(55-71)43-50-94-96(78)85-18-3-6-27-89(85)114-94)68-39-46-76-61(52-68)15-9-22-81(76)83-24-12-30-92-98(83)87-20-5-8-29-91(87)113-92/h1-58H. The highest BCUT2D eigenvalue weighted by Gasteiger charge is 2.24. The summed E-state index contributed by atoms with van der Waals surface area (Å²) in [4.78, 5) is 32.1. The molecule has 6 heterocycles. The fourth-order valence-electron chi connectivity index (χ4n) is 18.2. The van der Waals surface area contributed by atoms with E-state index in [2.05, 4.69) is 309 Å². The molecule has 25 aromatic rings. The Morgan fingerprint density at radius 3 is 0.957 bits per heavy atom. The fraction of sp³-hybridized carbons (Fsp3) is 0. The topological polar surface area (TPSA) is 130 Å². The smallest absolute Gasteiger partial charge is 0.164 e. The van der Waals surface area contributed by atoms with Crippen molar-refractivity contribution in [3.05, 3.63) is 352 Å². The quantitative estimate of drug-likeness (QED) is 0.129. The first-order valence-electron chi connectivity index (χ1n) is 39.0. The third-order valence-corrected chi connectivity index (χ3v) is 23.7. The summed E-state index contributed by atoms with van der Waals surface area (Å²) in [5.41, 5.74) is 18.4. The van der Waals surface area contributed by atoms with Gasteiger partial charge in [0, 0.05) is 82.0 Å². The van der Waals surface area contributed by atoms with E-state index in [-0.39, 0.29) is 0 Å². The molecule has 0 bridgehead atoms. The molecule has 0 atom stereocenters. The molecule has 25 rings (SSSR count). The zero-order chi connectivity index (χ0) is 75.8. The maximum atomic E-state index is 7.08. The average Bonchev–Trinajstić information content (AvgIpc) is 1.55. The number of aromatic nitrogens is 6. The zero-order valence-electron chi connectivity index (χ0n) is 61.8. The van der Waals surface area contributed by atoms with Gasteiger partial charge in [0.05, 0.1) is 0 Å². The molecule has 0 unspecified atom stereocenters. The van der Waals surface area contributed by atoms with Crippen LogP contribution in [0.1, 0.15) is 0 Å². The maximum Gasteiger partial charge on any atom is 0.164 e. The van der Waals surface area contributed by atoms with Gasteiger partial charge in [-0.1, -0.05) is 267 Å². The summed E-state index contributed by atoms with van der Waals surface area (Å²) in [6.45, 7) is 0. The molecule has 116 heavy (non-hydrogen) atoms. The Hall–Kier alpha value is -15.8. The van der Waals surface area contributed by atoms with Gasteiger partial charge in [0.25, 0.3) is 0 Å². The van der Waals surface area contributed by atoms with E-state index in [0.717, 1.165) is 214 Å². The first-order valence-corrected chi connectivity index (χ1v) is 39.0. The predicted molar refractivity (Wildman–Crippen MR) is 474 cm³/mol. The van der Waals surface area contributed by atoms with Gasteiger partial charge in [-0.3, -0.25) is 0 Å². The van der Waals surface area contributed by atoms with Crippen LogP contribution in [0, 0.1) is 0 Å². The SMILES string of the molecule is c1cc(-c2cccc3oc4ccccc4c23)c2ccc(-c3nc(-c4ccc5ccc(-c6cccc7c6oc6cccc(-c8cccc9cc(-c%10nc(-c%11ccc%12c(ccc%13ccccc%13%12)c%11)nc(-c%11ccc%12c(ccc%13oc%14ccccc%14c%13%12)c%11)n%10)ccc89)c67)cc5c4)nc(-c4ccc5c(ccc6oc7ccccc7c65)c4)n3)cc2c1. The van der Waals surface area contributed by atoms with Gasteiger partial charge in [0.15, 0.2) is 34.9 Å². The van der Waals surface area contributed by atoms with Crippen molar-refractivity contribution in [3.63, 3.8) is 0 Å². The van der Waals surface area contributed by atoms with Crippen molar-refractivity contribution in [1.82, 2.24) is 29.9 Å². The van der Waals surface area contributed by atoms with Crippen molar-refractivity contribution in [2.24, 2.45) is 0 Å². The van der Waals surface area contributed by atoms with Crippen LogP contribution in [0.5, 0.6) is 0 Å². The van der Waals surface area contributed by atoms with E-state index in [9.17, 15) is 0 Å². The molecule has 536 valence electrons. The Morgan fingerprint density at radius 1 is 0.147 bits per heavy atom. The number of fused-ring (bicyclic) bond motifs is 22. The summed E-state index contributed by atoms with van der Waals surface area (Å²) in [5, 5.41) is 24.0. The second kappa shape index (κ2) is 24.9. The van der Waals surface area contributed by atoms with Gasteiger partial charge in [0.2, 0.25) is 0 Å². The Bertz CT molecular complexity index is 8580. The Labute approximate surface area is 660 Å². The molecule has 0 radical (unpaired) electrons. The lowest BCUT2D eigenvalue weighted by Crippen LogP contribution is -2.00. The molecule has 0 saturated carbocycles. The zero-order valence-corrected chi connectivity index (χ0v) is 61.8. The van der Waals surface area contributed by atoms with Crippen LogP contribution in [0.15, 0.2) is 370 Å². The Kier molecular flexibility index (Phi) is 13.7. The highest BCUT2D eigenvalue weighted by Crippen LogP contribution is 2.47. The van der Waals surface area contributed by atoms with Crippen molar-refractivity contribution in [2.75, 3.05) is 0 Å². The number of benzene rings is 19. The Morgan fingerprint density at radius 2 is 0.440 bits per heavy atom. The molecule has 6 aromatic heterocycles. The van der Waals surface area contributed by atoms with E-state index in [4.69, 9.17) is 47.6 Å². The Balaban J connectivity index is 0.584. The number of nitrogens with zero attached hydrogens (tertiary/aromatic N) is 6. The fourth-order valence-corrected chi connectivity index (χ4v) is 18.2. The third-order valence-electron chi connectivity index (χ3n) is 23.7. The van der Waals surface area contributed by atoms with E-state index >= 15 is 0 Å². The maximum absolute atomic E-state index is 7.08. The normalized spacial score (nSPS) is 12.1. The second-order valence-electron chi connectivity index (χ2n) is 30.3. The van der Waals surface area contributed by atoms with Crippen LogP contribution in [0.25, 0.3) is 265 Å². The highest BCUT2D eigenvalue weighted by atomic mass is 16.3. The molecule has 0 aliphatic heterocycles. The minimum atomic E-state index is 0.556. The minimum absolute atomic E-state index is 0.556. The van der Waals surface area contributed by atoms with Gasteiger partial charge in [-0.05, 0) is 188 Å². The van der Waals surface area contributed by atoms with Crippen LogP contribution in [0.4, 0.5) is 0 Å². The van der Waals surface area contributed by atoms with Crippen LogP contribution >= 0.6 is 0 Å². The van der Waals surface area contributed by atoms with Gasteiger partial charge >= 0.3 is 0 Å². The molecule has 0 fully saturated rings. The third kappa shape index (κ3) is 10.0. The van der Waals surface area contributed by atoms with Crippen LogP contribution in [-0.4, -0.2) is 29.9 Å². The highest BCUT2D eigenvalue weighted by molar-refractivity contribution is 6.22. The molecule has 0 amide bonds. The van der Waals surface area contributed by atoms with Gasteiger partial charge in [0.1, 0.15) is 44.7 Å². The van der Waals surface area contributed by atoms with Crippen LogP contribution in [0.2, 0.25) is 0 Å². The van der Waals surface area contributed by atoms with Gasteiger partial charge in [-0.25, -0.2) is 29.9 Å². The molecule has 10 nitrogen and oxygen atoms in total. The summed E-state index contributed by atoms with van der Waals surface area (Å²) in [5.74, 6) is 3.43. The van der Waals surface area contributed by atoms with E-state index in [0.29, 0.717) is 34.9 Å². The summed E-state index contributed by atoms with van der Waals surface area (Å²) in [6, 6.07) is 124. The van der Waals surface area contributed by atoms with Crippen molar-refractivity contribution in [1.29, 1.82) is 0 Å².